The van der Waals surface area contributed by atoms with Crippen molar-refractivity contribution in [1.82, 2.24) is 15.8 Å². The monoisotopic (exact) mass is 254 g/mol. The molecule has 2 heterocycles. The van der Waals surface area contributed by atoms with Crippen molar-refractivity contribution in [3.8, 4) is 0 Å². The van der Waals surface area contributed by atoms with E-state index in [0.717, 1.165) is 12.1 Å². The highest BCUT2D eigenvalue weighted by Gasteiger charge is 2.35. The van der Waals surface area contributed by atoms with E-state index in [4.69, 9.17) is 5.73 Å². The van der Waals surface area contributed by atoms with Gasteiger partial charge in [-0.25, -0.2) is 10.9 Å². The summed E-state index contributed by atoms with van der Waals surface area (Å²) < 4.78 is 0. The molecular weight excluding hydrogens is 236 g/mol. The topological polar surface area (TPSA) is 63.0 Å². The Balaban J connectivity index is 1.81. The molecule has 3 atom stereocenters. The molecule has 3 rings (SSSR count). The number of hydrazine groups is 1. The number of hydrogen-bond acceptors (Lipinski definition) is 4. The van der Waals surface area contributed by atoms with Crippen LogP contribution in [0.3, 0.4) is 0 Å². The molecule has 1 aliphatic heterocycles. The third kappa shape index (κ3) is 2.66. The van der Waals surface area contributed by atoms with E-state index >= 15 is 0 Å². The Kier molecular flexibility index (Phi) is 3.55. The van der Waals surface area contributed by atoms with Crippen LogP contribution in [0.15, 0.2) is 54.7 Å². The normalized spacial score (nSPS) is 26.5. The fraction of sp³-hybridized carbons (Fsp3) is 0.267. The largest absolute Gasteiger partial charge is 0.315 e. The van der Waals surface area contributed by atoms with Crippen molar-refractivity contribution in [3.05, 3.63) is 66.0 Å². The zero-order valence-corrected chi connectivity index (χ0v) is 10.7. The Labute approximate surface area is 113 Å². The van der Waals surface area contributed by atoms with Gasteiger partial charge < -0.3 is 5.73 Å². The van der Waals surface area contributed by atoms with Crippen LogP contribution in [0, 0.1) is 5.92 Å². The first-order valence-electron chi connectivity index (χ1n) is 6.56. The predicted molar refractivity (Wildman–Crippen MR) is 74.9 cm³/mol. The molecule has 2 aromatic rings. The average molecular weight is 254 g/mol. The van der Waals surface area contributed by atoms with Crippen LogP contribution < -0.4 is 16.6 Å². The molecule has 1 aromatic heterocycles. The van der Waals surface area contributed by atoms with Crippen molar-refractivity contribution in [2.45, 2.75) is 18.6 Å². The summed E-state index contributed by atoms with van der Waals surface area (Å²) in [5, 5.41) is 0. The van der Waals surface area contributed by atoms with Gasteiger partial charge >= 0.3 is 0 Å². The van der Waals surface area contributed by atoms with Crippen molar-refractivity contribution in [1.29, 1.82) is 0 Å². The van der Waals surface area contributed by atoms with E-state index in [1.807, 2.05) is 30.5 Å². The molecular formula is C15H18N4. The van der Waals surface area contributed by atoms with Crippen LogP contribution in [0.4, 0.5) is 0 Å². The molecule has 4 heteroatoms. The molecule has 1 saturated heterocycles. The van der Waals surface area contributed by atoms with E-state index in [0.29, 0.717) is 0 Å². The number of nitrogens with one attached hydrogen (secondary N) is 2. The molecule has 98 valence electrons. The molecule has 0 bridgehead atoms. The van der Waals surface area contributed by atoms with Crippen LogP contribution >= 0.6 is 0 Å². The van der Waals surface area contributed by atoms with Crippen LogP contribution in [-0.2, 0) is 6.42 Å². The summed E-state index contributed by atoms with van der Waals surface area (Å²) in [6.45, 7) is 0. The van der Waals surface area contributed by atoms with Crippen molar-refractivity contribution in [3.63, 3.8) is 0 Å². The van der Waals surface area contributed by atoms with Gasteiger partial charge in [0.05, 0.1) is 17.9 Å². The van der Waals surface area contributed by atoms with Crippen molar-refractivity contribution in [2.24, 2.45) is 11.7 Å². The number of pyridine rings is 1. The van der Waals surface area contributed by atoms with E-state index in [9.17, 15) is 0 Å². The standard InChI is InChI=1S/C15H18N4/c16-15-12(10-11-6-2-1-3-7-11)14(18-19-15)13-8-4-5-9-17-13/h1-9,12,14-15,18-19H,10,16H2. The van der Waals surface area contributed by atoms with E-state index in [-0.39, 0.29) is 18.1 Å². The number of rotatable bonds is 3. The van der Waals surface area contributed by atoms with Crippen molar-refractivity contribution in [2.75, 3.05) is 0 Å². The Morgan fingerprint density at radius 3 is 2.53 bits per heavy atom. The average Bonchev–Trinajstić information content (AvgIpc) is 2.82. The third-order valence-corrected chi connectivity index (χ3v) is 3.62. The lowest BCUT2D eigenvalue weighted by Crippen LogP contribution is -2.39. The minimum atomic E-state index is -0.0628. The number of benzene rings is 1. The molecule has 1 aromatic carbocycles. The van der Waals surface area contributed by atoms with Crippen LogP contribution in [0.1, 0.15) is 17.3 Å². The zero-order chi connectivity index (χ0) is 13.1. The molecule has 4 nitrogen and oxygen atoms in total. The molecule has 19 heavy (non-hydrogen) atoms. The SMILES string of the molecule is NC1NNC(c2ccccn2)C1Cc1ccccc1. The number of aromatic nitrogens is 1. The summed E-state index contributed by atoms with van der Waals surface area (Å²) in [7, 11) is 0. The van der Waals surface area contributed by atoms with Gasteiger partial charge in [0.15, 0.2) is 0 Å². The highest BCUT2D eigenvalue weighted by molar-refractivity contribution is 5.19. The Bertz CT molecular complexity index is 514. The molecule has 0 aliphatic carbocycles. The first-order chi connectivity index (χ1) is 9.34. The van der Waals surface area contributed by atoms with Crippen molar-refractivity contribution < 1.29 is 0 Å². The summed E-state index contributed by atoms with van der Waals surface area (Å²) in [5.41, 5.74) is 14.9. The van der Waals surface area contributed by atoms with Gasteiger partial charge in [0.25, 0.3) is 0 Å². The van der Waals surface area contributed by atoms with Gasteiger partial charge in [0.2, 0.25) is 0 Å². The highest BCUT2D eigenvalue weighted by atomic mass is 15.5. The molecule has 0 saturated carbocycles. The molecule has 3 unspecified atom stereocenters. The predicted octanol–water partition coefficient (Wildman–Crippen LogP) is 1.37. The second-order valence-corrected chi connectivity index (χ2v) is 4.90. The smallest absolute Gasteiger partial charge is 0.0730 e. The summed E-state index contributed by atoms with van der Waals surface area (Å²) >= 11 is 0. The lowest BCUT2D eigenvalue weighted by atomic mass is 9.89. The maximum atomic E-state index is 6.15. The first-order valence-corrected chi connectivity index (χ1v) is 6.56. The lowest BCUT2D eigenvalue weighted by Gasteiger charge is -2.20. The van der Waals surface area contributed by atoms with Crippen molar-refractivity contribution >= 4 is 0 Å². The minimum Gasteiger partial charge on any atom is -0.315 e. The molecule has 0 radical (unpaired) electrons. The summed E-state index contributed by atoms with van der Waals surface area (Å²) in [4.78, 5) is 4.43. The Hall–Kier alpha value is -1.75. The number of nitrogens with zero attached hydrogens (tertiary/aromatic N) is 1. The van der Waals surface area contributed by atoms with Gasteiger partial charge in [-0.3, -0.25) is 4.98 Å². The molecule has 1 fully saturated rings. The second-order valence-electron chi connectivity index (χ2n) is 4.90. The maximum absolute atomic E-state index is 6.15. The molecule has 4 N–H and O–H groups in total. The molecule has 0 spiro atoms. The van der Waals surface area contributed by atoms with Crippen LogP contribution in [0.5, 0.6) is 0 Å². The summed E-state index contributed by atoms with van der Waals surface area (Å²) in [6.07, 6.45) is 2.69. The lowest BCUT2D eigenvalue weighted by molar-refractivity contribution is 0.415. The van der Waals surface area contributed by atoms with Crippen LogP contribution in [0.25, 0.3) is 0 Å². The quantitative estimate of drug-likeness (QED) is 0.774. The number of hydrogen-bond donors (Lipinski definition) is 3. The fourth-order valence-corrected chi connectivity index (χ4v) is 2.59. The van der Waals surface area contributed by atoms with Gasteiger partial charge in [0, 0.05) is 12.1 Å². The zero-order valence-electron chi connectivity index (χ0n) is 10.7. The van der Waals surface area contributed by atoms with Gasteiger partial charge in [-0.05, 0) is 24.1 Å². The van der Waals surface area contributed by atoms with Gasteiger partial charge in [0.1, 0.15) is 0 Å². The summed E-state index contributed by atoms with van der Waals surface area (Å²) in [6, 6.07) is 16.6. The Morgan fingerprint density at radius 2 is 1.79 bits per heavy atom. The summed E-state index contributed by atoms with van der Waals surface area (Å²) in [5.74, 6) is 0.289. The first kappa shape index (κ1) is 12.3. The fourth-order valence-electron chi connectivity index (χ4n) is 2.59. The van der Waals surface area contributed by atoms with E-state index in [1.54, 1.807) is 0 Å². The van der Waals surface area contributed by atoms with E-state index in [2.05, 4.69) is 40.1 Å². The third-order valence-electron chi connectivity index (χ3n) is 3.62. The Morgan fingerprint density at radius 1 is 1.00 bits per heavy atom. The van der Waals surface area contributed by atoms with E-state index in [1.165, 1.54) is 5.56 Å². The van der Waals surface area contributed by atoms with E-state index < -0.39 is 0 Å². The maximum Gasteiger partial charge on any atom is 0.0730 e. The highest BCUT2D eigenvalue weighted by Crippen LogP contribution is 2.28. The van der Waals surface area contributed by atoms with Gasteiger partial charge in [-0.1, -0.05) is 36.4 Å². The minimum absolute atomic E-state index is 0.0628. The van der Waals surface area contributed by atoms with Crippen LogP contribution in [0.2, 0.25) is 0 Å². The second kappa shape index (κ2) is 5.48. The van der Waals surface area contributed by atoms with Crippen LogP contribution in [-0.4, -0.2) is 11.1 Å². The van der Waals surface area contributed by atoms with Gasteiger partial charge in [-0.15, -0.1) is 0 Å². The van der Waals surface area contributed by atoms with Gasteiger partial charge in [-0.2, -0.15) is 0 Å². The molecule has 0 amide bonds. The number of nitrogens with two attached hydrogens (primary N) is 1. The molecule has 1 aliphatic rings.